The van der Waals surface area contributed by atoms with Crippen LogP contribution in [0.5, 0.6) is 0 Å². The molecule has 1 rings (SSSR count). The van der Waals surface area contributed by atoms with Gasteiger partial charge in [-0.3, -0.25) is 0 Å². The Labute approximate surface area is 215 Å². The Bertz CT molecular complexity index is 794. The Morgan fingerprint density at radius 3 is 2.06 bits per heavy atom. The van der Waals surface area contributed by atoms with Crippen LogP contribution in [-0.4, -0.2) is 60.6 Å². The van der Waals surface area contributed by atoms with Crippen LogP contribution in [-0.2, 0) is 24.7 Å². The van der Waals surface area contributed by atoms with Crippen LogP contribution in [0.1, 0.15) is 77.7 Å². The minimum absolute atomic E-state index is 0.0842. The molecule has 1 heterocycles. The topological polar surface area (TPSA) is 80.0 Å². The Hall–Kier alpha value is -1.01. The quantitative estimate of drug-likeness (QED) is 0.204. The molecule has 0 aliphatic heterocycles. The zero-order chi connectivity index (χ0) is 27.2. The van der Waals surface area contributed by atoms with E-state index in [-0.39, 0.29) is 28.0 Å². The summed E-state index contributed by atoms with van der Waals surface area (Å²) >= 11 is 0. The van der Waals surface area contributed by atoms with Crippen molar-refractivity contribution in [2.24, 2.45) is 5.92 Å². The van der Waals surface area contributed by atoms with Gasteiger partial charge in [-0.05, 0) is 55.0 Å². The molecule has 0 aliphatic carbocycles. The van der Waals surface area contributed by atoms with Gasteiger partial charge in [0, 0.05) is 13.5 Å². The molecule has 0 saturated heterocycles. The van der Waals surface area contributed by atoms with E-state index in [1.165, 1.54) is 13.4 Å². The van der Waals surface area contributed by atoms with E-state index in [1.54, 1.807) is 7.11 Å². The van der Waals surface area contributed by atoms with Gasteiger partial charge < -0.3 is 22.7 Å². The summed E-state index contributed by atoms with van der Waals surface area (Å²) in [5.41, 5.74) is 0.204. The first kappa shape index (κ1) is 32.0. The fourth-order valence-electron chi connectivity index (χ4n) is 3.19. The summed E-state index contributed by atoms with van der Waals surface area (Å²) in [6.45, 7) is 25.4. The fourth-order valence-corrected chi connectivity index (χ4v) is 5.53. The smallest absolute Gasteiger partial charge is 0.360 e. The molecular formula is C26H51NO6Si2. The summed E-state index contributed by atoms with van der Waals surface area (Å²) in [5, 5.41) is 0.220. The maximum Gasteiger partial charge on any atom is 0.360 e. The molecule has 0 aromatic carbocycles. The molecular weight excluding hydrogens is 478 g/mol. The highest BCUT2D eigenvalue weighted by molar-refractivity contribution is 6.74. The van der Waals surface area contributed by atoms with E-state index in [0.29, 0.717) is 24.8 Å². The first-order chi connectivity index (χ1) is 15.8. The molecule has 0 N–H and O–H groups in total. The number of aromatic nitrogens is 1. The summed E-state index contributed by atoms with van der Waals surface area (Å²) in [4.78, 5) is 15.9. The zero-order valence-corrected chi connectivity index (χ0v) is 26.5. The standard InChI is InChI=1S/C26H51NO6Si2/c1-19(14-15-23-27-20(17-31-23)24(28)30-9)16-21(29-8)22(33-35(12,13)26(5,6)7)18-32-34(10,11)25(2,3)4/h17,19,21-22H,14-16,18H2,1-13H3/t19?,21-,22-/m0/s1. The molecule has 0 spiro atoms. The van der Waals surface area contributed by atoms with Gasteiger partial charge in [0.05, 0.1) is 25.9 Å². The molecule has 1 aromatic rings. The van der Waals surface area contributed by atoms with Crippen LogP contribution in [0.15, 0.2) is 10.7 Å². The number of carbonyl (C=O) groups excluding carboxylic acids is 1. The molecule has 0 bridgehead atoms. The molecule has 204 valence electrons. The first-order valence-corrected chi connectivity index (χ1v) is 18.5. The predicted molar refractivity (Wildman–Crippen MR) is 146 cm³/mol. The van der Waals surface area contributed by atoms with Crippen molar-refractivity contribution < 1.29 is 27.5 Å². The average Bonchev–Trinajstić information content (AvgIpc) is 3.20. The summed E-state index contributed by atoms with van der Waals surface area (Å²) in [6.07, 6.45) is 3.47. The molecule has 0 aliphatic rings. The average molecular weight is 530 g/mol. The van der Waals surface area contributed by atoms with Gasteiger partial charge in [0.15, 0.2) is 28.2 Å². The van der Waals surface area contributed by atoms with Crippen molar-refractivity contribution in [3.05, 3.63) is 17.8 Å². The van der Waals surface area contributed by atoms with Gasteiger partial charge in [0.25, 0.3) is 0 Å². The third-order valence-electron chi connectivity index (χ3n) is 7.82. The maximum atomic E-state index is 11.6. The minimum atomic E-state index is -2.04. The lowest BCUT2D eigenvalue weighted by molar-refractivity contribution is -0.0383. The van der Waals surface area contributed by atoms with Gasteiger partial charge in [-0.2, -0.15) is 0 Å². The van der Waals surface area contributed by atoms with E-state index >= 15 is 0 Å². The molecule has 0 fully saturated rings. The number of esters is 1. The van der Waals surface area contributed by atoms with E-state index in [1.807, 2.05) is 0 Å². The second-order valence-corrected chi connectivity index (χ2v) is 22.3. The van der Waals surface area contributed by atoms with Gasteiger partial charge in [-0.1, -0.05) is 48.5 Å². The van der Waals surface area contributed by atoms with E-state index in [4.69, 9.17) is 22.7 Å². The number of hydrogen-bond acceptors (Lipinski definition) is 7. The first-order valence-electron chi connectivity index (χ1n) is 12.7. The van der Waals surface area contributed by atoms with Gasteiger partial charge in [0.1, 0.15) is 6.26 Å². The van der Waals surface area contributed by atoms with Crippen LogP contribution in [0.3, 0.4) is 0 Å². The van der Waals surface area contributed by atoms with E-state index in [0.717, 1.165) is 12.8 Å². The van der Waals surface area contributed by atoms with Crippen molar-refractivity contribution in [2.75, 3.05) is 20.8 Å². The lowest BCUT2D eigenvalue weighted by atomic mass is 9.96. The molecule has 3 atom stereocenters. The SMILES string of the molecule is COC(=O)c1coc(CCC(C)C[C@H](OC)[C@H](CO[Si](C)(C)C(C)(C)C)O[Si](C)(C)C(C)(C)C)n1. The third kappa shape index (κ3) is 9.42. The van der Waals surface area contributed by atoms with Gasteiger partial charge in [-0.15, -0.1) is 0 Å². The van der Waals surface area contributed by atoms with Crippen molar-refractivity contribution in [1.82, 2.24) is 4.98 Å². The highest BCUT2D eigenvalue weighted by atomic mass is 28.4. The van der Waals surface area contributed by atoms with Crippen molar-refractivity contribution in [2.45, 2.75) is 116 Å². The predicted octanol–water partition coefficient (Wildman–Crippen LogP) is 6.85. The minimum Gasteiger partial charge on any atom is -0.464 e. The molecule has 1 unspecified atom stereocenters. The van der Waals surface area contributed by atoms with Crippen LogP contribution >= 0.6 is 0 Å². The number of carbonyl (C=O) groups is 1. The van der Waals surface area contributed by atoms with Crippen LogP contribution in [0.25, 0.3) is 0 Å². The number of hydrogen-bond donors (Lipinski definition) is 0. The normalized spacial score (nSPS) is 16.1. The molecule has 7 nitrogen and oxygen atoms in total. The summed E-state index contributed by atoms with van der Waals surface area (Å²) in [6, 6.07) is 0. The molecule has 9 heteroatoms. The van der Waals surface area contributed by atoms with Gasteiger partial charge in [0.2, 0.25) is 0 Å². The summed E-state index contributed by atoms with van der Waals surface area (Å²) in [7, 11) is -0.872. The lowest BCUT2D eigenvalue weighted by Crippen LogP contribution is -2.51. The zero-order valence-electron chi connectivity index (χ0n) is 24.5. The lowest BCUT2D eigenvalue weighted by Gasteiger charge is -2.43. The van der Waals surface area contributed by atoms with Gasteiger partial charge >= 0.3 is 5.97 Å². The van der Waals surface area contributed by atoms with Crippen molar-refractivity contribution in [3.63, 3.8) is 0 Å². The number of methoxy groups -OCH3 is 2. The Morgan fingerprint density at radius 2 is 1.57 bits per heavy atom. The fraction of sp³-hybridized carbons (Fsp3) is 0.846. The monoisotopic (exact) mass is 529 g/mol. The number of ether oxygens (including phenoxy) is 2. The van der Waals surface area contributed by atoms with Crippen LogP contribution < -0.4 is 0 Å². The Morgan fingerprint density at radius 1 is 1.00 bits per heavy atom. The Balaban J connectivity index is 2.94. The van der Waals surface area contributed by atoms with Gasteiger partial charge in [-0.25, -0.2) is 9.78 Å². The largest absolute Gasteiger partial charge is 0.464 e. The number of rotatable bonds is 13. The molecule has 0 radical (unpaired) electrons. The van der Waals surface area contributed by atoms with Crippen LogP contribution in [0.4, 0.5) is 0 Å². The van der Waals surface area contributed by atoms with Crippen LogP contribution in [0.2, 0.25) is 36.3 Å². The second-order valence-electron chi connectivity index (χ2n) is 12.8. The molecule has 35 heavy (non-hydrogen) atoms. The van der Waals surface area contributed by atoms with Crippen molar-refractivity contribution in [3.8, 4) is 0 Å². The summed E-state index contributed by atoms with van der Waals surface area (Å²) < 4.78 is 29.7. The van der Waals surface area contributed by atoms with Crippen molar-refractivity contribution >= 4 is 22.6 Å². The third-order valence-corrected chi connectivity index (χ3v) is 16.8. The number of nitrogens with zero attached hydrogens (tertiary/aromatic N) is 1. The van der Waals surface area contributed by atoms with E-state index < -0.39 is 22.6 Å². The molecule has 0 saturated carbocycles. The van der Waals surface area contributed by atoms with E-state index in [2.05, 4.69) is 79.6 Å². The summed E-state index contributed by atoms with van der Waals surface area (Å²) in [5.74, 6) is 0.396. The van der Waals surface area contributed by atoms with E-state index in [9.17, 15) is 4.79 Å². The van der Waals surface area contributed by atoms with Crippen molar-refractivity contribution in [1.29, 1.82) is 0 Å². The van der Waals surface area contributed by atoms with Crippen LogP contribution in [0, 0.1) is 5.92 Å². The Kier molecular flexibility index (Phi) is 11.4. The second kappa shape index (κ2) is 12.5. The highest BCUT2D eigenvalue weighted by Crippen LogP contribution is 2.40. The number of aryl methyl sites for hydroxylation is 1. The molecule has 0 amide bonds. The number of oxazole rings is 1. The maximum absolute atomic E-state index is 11.6. The highest BCUT2D eigenvalue weighted by Gasteiger charge is 2.43. The molecule has 1 aromatic heterocycles.